The van der Waals surface area contributed by atoms with Crippen molar-refractivity contribution in [3.05, 3.63) is 63.0 Å². The molecule has 0 saturated heterocycles. The lowest BCUT2D eigenvalue weighted by molar-refractivity contribution is 0.0928. The van der Waals surface area contributed by atoms with Crippen LogP contribution in [-0.2, 0) is 18.4 Å². The van der Waals surface area contributed by atoms with Gasteiger partial charge in [0.1, 0.15) is 12.3 Å². The van der Waals surface area contributed by atoms with Gasteiger partial charge < -0.3 is 19.4 Å². The zero-order chi connectivity index (χ0) is 17.5. The number of carbonyl (C=O) groups excluding carboxylic acids is 1. The number of nitrogens with one attached hydrogen (secondary N) is 1. The van der Waals surface area contributed by atoms with E-state index in [-0.39, 0.29) is 29.4 Å². The number of amides is 1. The van der Waals surface area contributed by atoms with Crippen LogP contribution in [0.5, 0.6) is 5.75 Å². The second-order valence-electron chi connectivity index (χ2n) is 5.13. The number of carbonyl (C=O) groups is 1. The van der Waals surface area contributed by atoms with Crippen molar-refractivity contribution in [3.63, 3.8) is 0 Å². The minimum Gasteiger partial charge on any atom is -0.483 e. The number of aromatic nitrogens is 1. The number of ether oxygens (including phenoxy) is 2. The highest BCUT2D eigenvalue weighted by Crippen LogP contribution is 2.17. The highest BCUT2D eigenvalue weighted by molar-refractivity contribution is 6.31. The lowest BCUT2D eigenvalue weighted by Crippen LogP contribution is -2.30. The molecule has 7 heteroatoms. The molecular formula is C17H19ClN2O4. The first-order valence-electron chi connectivity index (χ1n) is 7.37. The van der Waals surface area contributed by atoms with Crippen LogP contribution in [0.1, 0.15) is 16.1 Å². The molecule has 0 spiro atoms. The third-order valence-electron chi connectivity index (χ3n) is 3.37. The average molecular weight is 351 g/mol. The molecule has 1 N–H and O–H groups in total. The Labute approximate surface area is 145 Å². The summed E-state index contributed by atoms with van der Waals surface area (Å²) in [7, 11) is 3.22. The van der Waals surface area contributed by atoms with E-state index in [0.717, 1.165) is 5.56 Å². The van der Waals surface area contributed by atoms with E-state index >= 15 is 0 Å². The van der Waals surface area contributed by atoms with Crippen molar-refractivity contribution >= 4 is 17.5 Å². The fourth-order valence-corrected chi connectivity index (χ4v) is 2.26. The van der Waals surface area contributed by atoms with Crippen LogP contribution in [0.2, 0.25) is 5.02 Å². The Bertz CT molecular complexity index is 773. The molecule has 24 heavy (non-hydrogen) atoms. The Morgan fingerprint density at radius 1 is 1.33 bits per heavy atom. The highest BCUT2D eigenvalue weighted by atomic mass is 35.5. The first-order chi connectivity index (χ1) is 11.5. The van der Waals surface area contributed by atoms with Gasteiger partial charge in [0.05, 0.1) is 12.8 Å². The summed E-state index contributed by atoms with van der Waals surface area (Å²) in [4.78, 5) is 24.2. The van der Waals surface area contributed by atoms with Crippen molar-refractivity contribution in [2.45, 2.75) is 6.61 Å². The zero-order valence-corrected chi connectivity index (χ0v) is 14.3. The van der Waals surface area contributed by atoms with Crippen molar-refractivity contribution in [1.29, 1.82) is 0 Å². The standard InChI is InChI=1S/C17H19ClN2O4/c1-20-10-16(24-11-12-5-3-4-6-13(12)18)15(21)9-14(20)17(22)19-7-8-23-2/h3-6,9-10H,7-8,11H2,1-2H3,(H,19,22). The van der Waals surface area contributed by atoms with Crippen LogP contribution in [0.4, 0.5) is 0 Å². The smallest absolute Gasteiger partial charge is 0.268 e. The van der Waals surface area contributed by atoms with E-state index in [2.05, 4.69) is 5.32 Å². The Morgan fingerprint density at radius 2 is 2.08 bits per heavy atom. The molecule has 1 aromatic carbocycles. The predicted molar refractivity (Wildman–Crippen MR) is 91.7 cm³/mol. The molecule has 0 radical (unpaired) electrons. The fraction of sp³-hybridized carbons (Fsp3) is 0.294. The lowest BCUT2D eigenvalue weighted by atomic mass is 10.2. The lowest BCUT2D eigenvalue weighted by Gasteiger charge is -2.12. The van der Waals surface area contributed by atoms with Crippen LogP contribution in [0.25, 0.3) is 0 Å². The number of methoxy groups -OCH3 is 1. The van der Waals surface area contributed by atoms with E-state index in [0.29, 0.717) is 18.2 Å². The van der Waals surface area contributed by atoms with Gasteiger partial charge in [-0.25, -0.2) is 0 Å². The van der Waals surface area contributed by atoms with E-state index in [1.807, 2.05) is 18.2 Å². The average Bonchev–Trinajstić information content (AvgIpc) is 2.56. The zero-order valence-electron chi connectivity index (χ0n) is 13.5. The van der Waals surface area contributed by atoms with Crippen molar-refractivity contribution in [2.75, 3.05) is 20.3 Å². The molecular weight excluding hydrogens is 332 g/mol. The number of pyridine rings is 1. The summed E-state index contributed by atoms with van der Waals surface area (Å²) in [5, 5.41) is 3.24. The van der Waals surface area contributed by atoms with Crippen molar-refractivity contribution in [2.24, 2.45) is 7.05 Å². The molecule has 0 aliphatic heterocycles. The second kappa shape index (κ2) is 8.52. The predicted octanol–water partition coefficient (Wildman–Crippen LogP) is 1.99. The Balaban J connectivity index is 2.10. The maximum atomic E-state index is 12.2. The summed E-state index contributed by atoms with van der Waals surface area (Å²) in [6, 6.07) is 8.50. The van der Waals surface area contributed by atoms with Gasteiger partial charge in [-0.15, -0.1) is 0 Å². The topological polar surface area (TPSA) is 69.6 Å². The van der Waals surface area contributed by atoms with Crippen LogP contribution in [0, 0.1) is 0 Å². The molecule has 0 bridgehead atoms. The monoisotopic (exact) mass is 350 g/mol. The molecule has 0 saturated carbocycles. The van der Waals surface area contributed by atoms with Gasteiger partial charge >= 0.3 is 0 Å². The molecule has 2 aromatic rings. The van der Waals surface area contributed by atoms with Crippen LogP contribution < -0.4 is 15.5 Å². The van der Waals surface area contributed by atoms with E-state index in [9.17, 15) is 9.59 Å². The fourth-order valence-electron chi connectivity index (χ4n) is 2.07. The maximum Gasteiger partial charge on any atom is 0.268 e. The summed E-state index contributed by atoms with van der Waals surface area (Å²) < 4.78 is 12.0. The molecule has 0 unspecified atom stereocenters. The van der Waals surface area contributed by atoms with Gasteiger partial charge in [-0.2, -0.15) is 0 Å². The summed E-state index contributed by atoms with van der Waals surface area (Å²) >= 11 is 6.06. The number of nitrogens with zero attached hydrogens (tertiary/aromatic N) is 1. The van der Waals surface area contributed by atoms with E-state index in [1.165, 1.54) is 12.3 Å². The molecule has 1 heterocycles. The van der Waals surface area contributed by atoms with Gasteiger partial charge in [0.15, 0.2) is 5.75 Å². The van der Waals surface area contributed by atoms with Crippen LogP contribution in [0.3, 0.4) is 0 Å². The first kappa shape index (κ1) is 18.0. The quantitative estimate of drug-likeness (QED) is 0.775. The first-order valence-corrected chi connectivity index (χ1v) is 7.74. The number of rotatable bonds is 7. The molecule has 1 aromatic heterocycles. The summed E-state index contributed by atoms with van der Waals surface area (Å²) in [6.07, 6.45) is 1.49. The van der Waals surface area contributed by atoms with Crippen LogP contribution in [0.15, 0.2) is 41.3 Å². The molecule has 1 amide bonds. The van der Waals surface area contributed by atoms with Gasteiger partial charge in [0, 0.05) is 37.4 Å². The third kappa shape index (κ3) is 4.59. The Hall–Kier alpha value is -2.31. The minimum absolute atomic E-state index is 0.158. The number of benzene rings is 1. The third-order valence-corrected chi connectivity index (χ3v) is 3.74. The van der Waals surface area contributed by atoms with Crippen LogP contribution >= 0.6 is 11.6 Å². The molecule has 0 aliphatic rings. The van der Waals surface area contributed by atoms with E-state index in [4.69, 9.17) is 21.1 Å². The van der Waals surface area contributed by atoms with Gasteiger partial charge in [-0.05, 0) is 6.07 Å². The van der Waals surface area contributed by atoms with Gasteiger partial charge in [0.2, 0.25) is 5.43 Å². The molecule has 2 rings (SSSR count). The Morgan fingerprint density at radius 3 is 2.79 bits per heavy atom. The van der Waals surface area contributed by atoms with Gasteiger partial charge in [0.25, 0.3) is 5.91 Å². The molecule has 0 aliphatic carbocycles. The van der Waals surface area contributed by atoms with Crippen molar-refractivity contribution in [1.82, 2.24) is 9.88 Å². The molecule has 128 valence electrons. The normalized spacial score (nSPS) is 10.5. The largest absolute Gasteiger partial charge is 0.483 e. The molecule has 0 fully saturated rings. The number of hydrogen-bond donors (Lipinski definition) is 1. The summed E-state index contributed by atoms with van der Waals surface area (Å²) in [5.74, 6) is -0.185. The molecule has 6 nitrogen and oxygen atoms in total. The summed E-state index contributed by atoms with van der Waals surface area (Å²) in [6.45, 7) is 0.946. The van der Waals surface area contributed by atoms with Gasteiger partial charge in [-0.1, -0.05) is 29.8 Å². The summed E-state index contributed by atoms with van der Waals surface area (Å²) in [5.41, 5.74) is 0.667. The minimum atomic E-state index is -0.364. The van der Waals surface area contributed by atoms with Crippen molar-refractivity contribution in [3.8, 4) is 5.75 Å². The Kier molecular flexibility index (Phi) is 6.40. The molecule has 0 atom stereocenters. The number of halogens is 1. The second-order valence-corrected chi connectivity index (χ2v) is 5.53. The maximum absolute atomic E-state index is 12.2. The van der Waals surface area contributed by atoms with E-state index in [1.54, 1.807) is 24.8 Å². The van der Waals surface area contributed by atoms with Crippen molar-refractivity contribution < 1.29 is 14.3 Å². The van der Waals surface area contributed by atoms with Gasteiger partial charge in [-0.3, -0.25) is 9.59 Å². The number of aryl methyl sites for hydroxylation is 1. The van der Waals surface area contributed by atoms with E-state index < -0.39 is 0 Å². The SMILES string of the molecule is COCCNC(=O)c1cc(=O)c(OCc2ccccc2Cl)cn1C. The number of hydrogen-bond acceptors (Lipinski definition) is 4. The van der Waals surface area contributed by atoms with Crippen LogP contribution in [-0.4, -0.2) is 30.7 Å². The highest BCUT2D eigenvalue weighted by Gasteiger charge is 2.12.